The van der Waals surface area contributed by atoms with Crippen molar-refractivity contribution < 1.29 is 28.5 Å². The Kier molecular flexibility index (Phi) is 8.04. The first-order chi connectivity index (χ1) is 14.4. The van der Waals surface area contributed by atoms with E-state index in [1.54, 1.807) is 26.2 Å². The Morgan fingerprint density at radius 1 is 0.867 bits per heavy atom. The van der Waals surface area contributed by atoms with E-state index in [0.29, 0.717) is 23.0 Å². The lowest BCUT2D eigenvalue weighted by Gasteiger charge is -2.14. The molecule has 9 nitrogen and oxygen atoms in total. The summed E-state index contributed by atoms with van der Waals surface area (Å²) in [5.41, 5.74) is 4.12. The highest BCUT2D eigenvalue weighted by molar-refractivity contribution is 6.00. The average Bonchev–Trinajstić information content (AvgIpc) is 2.79. The predicted molar refractivity (Wildman–Crippen MR) is 112 cm³/mol. The Morgan fingerprint density at radius 2 is 1.47 bits per heavy atom. The lowest BCUT2D eigenvalue weighted by molar-refractivity contribution is -0.120. The maximum atomic E-state index is 12.4. The fourth-order valence-electron chi connectivity index (χ4n) is 2.56. The molecule has 0 spiro atoms. The Balaban J connectivity index is 1.97. The van der Waals surface area contributed by atoms with E-state index in [9.17, 15) is 9.59 Å². The number of nitrogens with zero attached hydrogens (tertiary/aromatic N) is 1. The van der Waals surface area contributed by atoms with Gasteiger partial charge in [0.2, 0.25) is 5.75 Å². The Morgan fingerprint density at radius 3 is 1.97 bits per heavy atom. The van der Waals surface area contributed by atoms with Crippen LogP contribution in [0.25, 0.3) is 0 Å². The molecule has 0 unspecified atom stereocenters. The number of carbonyl (C=O) groups is 2. The molecule has 0 aliphatic heterocycles. The number of nitrogens with one attached hydrogen (secondary N) is 2. The second-order valence-corrected chi connectivity index (χ2v) is 6.06. The van der Waals surface area contributed by atoms with Crippen molar-refractivity contribution in [3.63, 3.8) is 0 Å². The fourth-order valence-corrected chi connectivity index (χ4v) is 2.56. The predicted octanol–water partition coefficient (Wildman–Crippen LogP) is 1.99. The zero-order valence-electron chi connectivity index (χ0n) is 17.6. The molecule has 0 saturated heterocycles. The fraction of sp³-hybridized carbons (Fsp3) is 0.286. The van der Waals surface area contributed by atoms with Gasteiger partial charge in [0, 0.05) is 5.56 Å². The third-order valence-electron chi connectivity index (χ3n) is 4.19. The highest BCUT2D eigenvalue weighted by Gasteiger charge is 2.17. The monoisotopic (exact) mass is 415 g/mol. The Bertz CT molecular complexity index is 900. The van der Waals surface area contributed by atoms with Crippen molar-refractivity contribution in [3.05, 3.63) is 47.5 Å². The van der Waals surface area contributed by atoms with Gasteiger partial charge in [0.1, 0.15) is 5.75 Å². The number of hydrazone groups is 1. The molecule has 0 bridgehead atoms. The highest BCUT2D eigenvalue weighted by atomic mass is 16.5. The van der Waals surface area contributed by atoms with Crippen LogP contribution in [0.1, 0.15) is 22.8 Å². The topological polar surface area (TPSA) is 107 Å². The number of methoxy groups -OCH3 is 4. The molecule has 2 aromatic carbocycles. The summed E-state index contributed by atoms with van der Waals surface area (Å²) in [5.74, 6) is 0.837. The SMILES string of the molecule is COc1ccc(/C(C)=N\NC(=O)CNC(=O)c2cc(OC)c(OC)c(OC)c2)cc1. The highest BCUT2D eigenvalue weighted by Crippen LogP contribution is 2.38. The molecule has 0 saturated carbocycles. The second-order valence-electron chi connectivity index (χ2n) is 6.06. The van der Waals surface area contributed by atoms with Gasteiger partial charge in [-0.3, -0.25) is 9.59 Å². The minimum absolute atomic E-state index is 0.255. The zero-order chi connectivity index (χ0) is 22.1. The molecule has 160 valence electrons. The summed E-state index contributed by atoms with van der Waals surface area (Å²) >= 11 is 0. The zero-order valence-corrected chi connectivity index (χ0v) is 17.6. The molecular formula is C21H25N3O6. The summed E-state index contributed by atoms with van der Waals surface area (Å²) in [6.07, 6.45) is 0. The summed E-state index contributed by atoms with van der Waals surface area (Å²) in [4.78, 5) is 24.5. The summed E-state index contributed by atoms with van der Waals surface area (Å²) in [5, 5.41) is 6.58. The lowest BCUT2D eigenvalue weighted by Crippen LogP contribution is -2.35. The summed E-state index contributed by atoms with van der Waals surface area (Å²) < 4.78 is 20.8. The van der Waals surface area contributed by atoms with E-state index in [1.165, 1.54) is 33.5 Å². The minimum Gasteiger partial charge on any atom is -0.497 e. The largest absolute Gasteiger partial charge is 0.497 e. The molecule has 0 aromatic heterocycles. The van der Waals surface area contributed by atoms with Crippen LogP contribution in [0.4, 0.5) is 0 Å². The van der Waals surface area contributed by atoms with Gasteiger partial charge >= 0.3 is 0 Å². The molecule has 2 amide bonds. The van der Waals surface area contributed by atoms with Crippen molar-refractivity contribution in [2.24, 2.45) is 5.10 Å². The third kappa shape index (κ3) is 5.63. The molecule has 2 N–H and O–H groups in total. The van der Waals surface area contributed by atoms with E-state index in [1.807, 2.05) is 12.1 Å². The number of hydrogen-bond donors (Lipinski definition) is 2. The van der Waals surface area contributed by atoms with Crippen molar-refractivity contribution in [1.82, 2.24) is 10.7 Å². The maximum absolute atomic E-state index is 12.4. The van der Waals surface area contributed by atoms with Gasteiger partial charge in [-0.25, -0.2) is 5.43 Å². The maximum Gasteiger partial charge on any atom is 0.259 e. The van der Waals surface area contributed by atoms with Gasteiger partial charge in [0.05, 0.1) is 40.7 Å². The molecule has 2 aromatic rings. The minimum atomic E-state index is -0.472. The van der Waals surface area contributed by atoms with Gasteiger partial charge in [0.15, 0.2) is 11.5 Å². The van der Waals surface area contributed by atoms with Gasteiger partial charge < -0.3 is 24.3 Å². The molecule has 0 radical (unpaired) electrons. The number of rotatable bonds is 9. The van der Waals surface area contributed by atoms with Crippen LogP contribution >= 0.6 is 0 Å². The molecule has 0 aliphatic rings. The van der Waals surface area contributed by atoms with Gasteiger partial charge in [-0.2, -0.15) is 5.10 Å². The molecule has 9 heteroatoms. The standard InChI is InChI=1S/C21H25N3O6/c1-13(14-6-8-16(27-2)9-7-14)23-24-19(25)12-22-21(26)15-10-17(28-3)20(30-5)18(11-15)29-4/h6-11H,12H2,1-5H3,(H,22,26)(H,24,25)/b23-13-. The van der Waals surface area contributed by atoms with Crippen LogP contribution in [0.5, 0.6) is 23.0 Å². The van der Waals surface area contributed by atoms with Crippen LogP contribution in [-0.4, -0.2) is 52.5 Å². The van der Waals surface area contributed by atoms with Gasteiger partial charge in [-0.05, 0) is 48.9 Å². The molecule has 0 aliphatic carbocycles. The molecule has 2 rings (SSSR count). The first kappa shape index (κ1) is 22.5. The molecule has 30 heavy (non-hydrogen) atoms. The van der Waals surface area contributed by atoms with E-state index in [-0.39, 0.29) is 12.1 Å². The van der Waals surface area contributed by atoms with Crippen LogP contribution in [0, 0.1) is 0 Å². The van der Waals surface area contributed by atoms with Crippen molar-refractivity contribution in [2.75, 3.05) is 35.0 Å². The van der Waals surface area contributed by atoms with Crippen LogP contribution in [0.2, 0.25) is 0 Å². The quantitative estimate of drug-likeness (QED) is 0.479. The van der Waals surface area contributed by atoms with Gasteiger partial charge in [0.25, 0.3) is 11.8 Å². The van der Waals surface area contributed by atoms with E-state index >= 15 is 0 Å². The van der Waals surface area contributed by atoms with Crippen LogP contribution in [0.15, 0.2) is 41.5 Å². The Hall–Kier alpha value is -3.75. The second kappa shape index (κ2) is 10.7. The van der Waals surface area contributed by atoms with Crippen molar-refractivity contribution >= 4 is 17.5 Å². The van der Waals surface area contributed by atoms with E-state index in [0.717, 1.165) is 11.3 Å². The number of ether oxygens (including phenoxy) is 4. The van der Waals surface area contributed by atoms with Crippen LogP contribution < -0.4 is 29.7 Å². The van der Waals surface area contributed by atoms with E-state index in [4.69, 9.17) is 18.9 Å². The van der Waals surface area contributed by atoms with Gasteiger partial charge in [-0.15, -0.1) is 0 Å². The van der Waals surface area contributed by atoms with Crippen LogP contribution in [-0.2, 0) is 4.79 Å². The van der Waals surface area contributed by atoms with E-state index < -0.39 is 11.8 Å². The van der Waals surface area contributed by atoms with Crippen LogP contribution in [0.3, 0.4) is 0 Å². The smallest absolute Gasteiger partial charge is 0.259 e. The number of hydrogen-bond acceptors (Lipinski definition) is 7. The summed E-state index contributed by atoms with van der Waals surface area (Å²) in [7, 11) is 5.96. The molecule has 0 fully saturated rings. The average molecular weight is 415 g/mol. The van der Waals surface area contributed by atoms with E-state index in [2.05, 4.69) is 15.8 Å². The van der Waals surface area contributed by atoms with Crippen molar-refractivity contribution in [3.8, 4) is 23.0 Å². The first-order valence-electron chi connectivity index (χ1n) is 8.99. The lowest BCUT2D eigenvalue weighted by atomic mass is 10.1. The molecule has 0 heterocycles. The van der Waals surface area contributed by atoms with Gasteiger partial charge in [-0.1, -0.05) is 0 Å². The normalized spacial score (nSPS) is 10.8. The third-order valence-corrected chi connectivity index (χ3v) is 4.19. The number of amides is 2. The first-order valence-corrected chi connectivity index (χ1v) is 8.99. The Labute approximate surface area is 175 Å². The number of benzene rings is 2. The van der Waals surface area contributed by atoms with Crippen molar-refractivity contribution in [1.29, 1.82) is 0 Å². The summed E-state index contributed by atoms with van der Waals surface area (Å²) in [6.45, 7) is 1.51. The molecule has 0 atom stereocenters. The summed E-state index contributed by atoms with van der Waals surface area (Å²) in [6, 6.07) is 10.3. The number of carbonyl (C=O) groups excluding carboxylic acids is 2. The molecular weight excluding hydrogens is 390 g/mol. The van der Waals surface area contributed by atoms with Crippen molar-refractivity contribution in [2.45, 2.75) is 6.92 Å².